The highest BCUT2D eigenvalue weighted by Crippen LogP contribution is 2.07. The smallest absolute Gasteiger partial charge is 0.320 e. The lowest BCUT2D eigenvalue weighted by atomic mass is 10.1. The molecule has 0 aromatic heterocycles. The van der Waals surface area contributed by atoms with Gasteiger partial charge < -0.3 is 14.6 Å². The Hall–Kier alpha value is 0.0969. The maximum Gasteiger partial charge on any atom is 0.320 e. The van der Waals surface area contributed by atoms with E-state index in [0.717, 1.165) is 19.0 Å². The number of rotatable bonds is 6. The van der Waals surface area contributed by atoms with E-state index in [1.165, 1.54) is 0 Å². The van der Waals surface area contributed by atoms with Gasteiger partial charge in [0, 0.05) is 14.2 Å². The molecular formula is C7H19NO2Si. The molecule has 4 heteroatoms. The Morgan fingerprint density at radius 3 is 2.27 bits per heavy atom. The Labute approximate surface area is 70.7 Å². The van der Waals surface area contributed by atoms with Crippen LogP contribution in [-0.2, 0) is 8.85 Å². The molecule has 0 aliphatic rings. The van der Waals surface area contributed by atoms with Gasteiger partial charge >= 0.3 is 9.28 Å². The molecule has 0 heterocycles. The van der Waals surface area contributed by atoms with Crippen LogP contribution in [0.5, 0.6) is 0 Å². The Kier molecular flexibility index (Phi) is 6.85. The fraction of sp³-hybridized carbons (Fsp3) is 1.00. The second kappa shape index (κ2) is 6.79. The summed E-state index contributed by atoms with van der Waals surface area (Å²) in [4.78, 5) is 0. The maximum absolute atomic E-state index is 5.47. The molecule has 11 heavy (non-hydrogen) atoms. The van der Waals surface area contributed by atoms with Crippen LogP contribution in [0.1, 0.15) is 13.3 Å². The molecule has 68 valence electrons. The lowest BCUT2D eigenvalue weighted by Crippen LogP contribution is -2.21. The highest BCUT2D eigenvalue weighted by molar-refractivity contribution is 6.44. The van der Waals surface area contributed by atoms with Crippen molar-refractivity contribution in [2.75, 3.05) is 20.8 Å². The first-order valence-electron chi connectivity index (χ1n) is 4.00. The third kappa shape index (κ3) is 5.38. The number of nitrogens with two attached hydrogens (primary N) is 1. The van der Waals surface area contributed by atoms with Gasteiger partial charge in [0.1, 0.15) is 0 Å². The van der Waals surface area contributed by atoms with Crippen LogP contribution in [-0.4, -0.2) is 30.0 Å². The summed E-state index contributed by atoms with van der Waals surface area (Å²) < 4.78 is 10.3. The summed E-state index contributed by atoms with van der Waals surface area (Å²) in [5.74, 6) is 0.593. The topological polar surface area (TPSA) is 44.5 Å². The van der Waals surface area contributed by atoms with Gasteiger partial charge in [-0.1, -0.05) is 6.92 Å². The Balaban J connectivity index is 3.34. The normalized spacial score (nSPS) is 13.9. The molecule has 0 aromatic carbocycles. The molecule has 2 N–H and O–H groups in total. The summed E-state index contributed by atoms with van der Waals surface area (Å²) in [6.45, 7) is 2.91. The van der Waals surface area contributed by atoms with Gasteiger partial charge in [0.05, 0.1) is 0 Å². The van der Waals surface area contributed by atoms with Crippen molar-refractivity contribution in [1.82, 2.24) is 0 Å². The Bertz CT molecular complexity index is 88.5. The molecule has 0 rings (SSSR count). The van der Waals surface area contributed by atoms with Crippen LogP contribution in [0.3, 0.4) is 0 Å². The van der Waals surface area contributed by atoms with Crippen LogP contribution in [0.2, 0.25) is 6.04 Å². The van der Waals surface area contributed by atoms with Gasteiger partial charge in [-0.25, -0.2) is 0 Å². The lowest BCUT2D eigenvalue weighted by Gasteiger charge is -2.13. The fourth-order valence-electron chi connectivity index (χ4n) is 0.870. The van der Waals surface area contributed by atoms with Crippen LogP contribution < -0.4 is 5.73 Å². The van der Waals surface area contributed by atoms with Crippen LogP contribution in [0.25, 0.3) is 0 Å². The minimum absolute atomic E-state index is 0.593. The molecule has 0 saturated carbocycles. The van der Waals surface area contributed by atoms with Crippen LogP contribution in [0, 0.1) is 5.92 Å². The Morgan fingerprint density at radius 2 is 1.91 bits per heavy atom. The molecule has 0 spiro atoms. The molecule has 0 amide bonds. The van der Waals surface area contributed by atoms with Gasteiger partial charge in [-0.2, -0.15) is 0 Å². The molecular weight excluding hydrogens is 158 g/mol. The van der Waals surface area contributed by atoms with Gasteiger partial charge in [-0.3, -0.25) is 0 Å². The molecule has 1 atom stereocenters. The standard InChI is InChI=1S/C7H19NO2Si/c1-7(6-8)4-5-11(9-2)10-3/h7,11H,4-6,8H2,1-3H3. The summed E-state index contributed by atoms with van der Waals surface area (Å²) >= 11 is 0. The van der Waals surface area contributed by atoms with Crippen LogP contribution >= 0.6 is 0 Å². The highest BCUT2D eigenvalue weighted by Gasteiger charge is 2.10. The van der Waals surface area contributed by atoms with E-state index in [1.54, 1.807) is 14.2 Å². The van der Waals surface area contributed by atoms with Crippen LogP contribution in [0.15, 0.2) is 0 Å². The van der Waals surface area contributed by atoms with Crippen molar-refractivity contribution in [2.45, 2.75) is 19.4 Å². The predicted molar refractivity (Wildman–Crippen MR) is 48.8 cm³/mol. The van der Waals surface area contributed by atoms with Crippen molar-refractivity contribution in [2.24, 2.45) is 11.7 Å². The van der Waals surface area contributed by atoms with Gasteiger partial charge in [0.15, 0.2) is 0 Å². The van der Waals surface area contributed by atoms with Gasteiger partial charge in [-0.05, 0) is 24.9 Å². The van der Waals surface area contributed by atoms with Crippen molar-refractivity contribution in [3.63, 3.8) is 0 Å². The zero-order valence-electron chi connectivity index (χ0n) is 7.67. The summed E-state index contributed by atoms with van der Waals surface area (Å²) in [5.41, 5.74) is 5.47. The molecule has 0 radical (unpaired) electrons. The third-order valence-electron chi connectivity index (χ3n) is 1.82. The van der Waals surface area contributed by atoms with E-state index in [4.69, 9.17) is 14.6 Å². The maximum atomic E-state index is 5.47. The SMILES string of the molecule is CO[SiH](CCC(C)CN)OC. The van der Waals surface area contributed by atoms with Gasteiger partial charge in [0.2, 0.25) is 0 Å². The molecule has 0 fully saturated rings. The third-order valence-corrected chi connectivity index (χ3v) is 3.68. The van der Waals surface area contributed by atoms with E-state index in [1.807, 2.05) is 0 Å². The molecule has 3 nitrogen and oxygen atoms in total. The second-order valence-electron chi connectivity index (χ2n) is 2.82. The fourth-order valence-corrected chi connectivity index (χ4v) is 2.38. The second-order valence-corrected chi connectivity index (χ2v) is 5.20. The van der Waals surface area contributed by atoms with Gasteiger partial charge in [-0.15, -0.1) is 0 Å². The van der Waals surface area contributed by atoms with Crippen molar-refractivity contribution in [1.29, 1.82) is 0 Å². The van der Waals surface area contributed by atoms with Crippen molar-refractivity contribution in [3.8, 4) is 0 Å². The first-order chi connectivity index (χ1) is 5.24. The first kappa shape index (κ1) is 11.1. The predicted octanol–water partition coefficient (Wildman–Crippen LogP) is 0.485. The summed E-state index contributed by atoms with van der Waals surface area (Å²) in [5, 5.41) is 0. The molecule has 0 aliphatic carbocycles. The van der Waals surface area contributed by atoms with E-state index >= 15 is 0 Å². The minimum Gasteiger partial charge on any atom is -0.400 e. The minimum atomic E-state index is -1.32. The Morgan fingerprint density at radius 1 is 1.36 bits per heavy atom. The average molecular weight is 177 g/mol. The van der Waals surface area contributed by atoms with E-state index in [9.17, 15) is 0 Å². The first-order valence-corrected chi connectivity index (χ1v) is 5.76. The largest absolute Gasteiger partial charge is 0.400 e. The monoisotopic (exact) mass is 177 g/mol. The summed E-state index contributed by atoms with van der Waals surface area (Å²) in [6.07, 6.45) is 1.12. The molecule has 0 aliphatic heterocycles. The van der Waals surface area contributed by atoms with Crippen molar-refractivity contribution < 1.29 is 8.85 Å². The molecule has 0 aromatic rings. The summed E-state index contributed by atoms with van der Waals surface area (Å²) in [6, 6.07) is 1.06. The zero-order valence-corrected chi connectivity index (χ0v) is 8.82. The number of hydrogen-bond acceptors (Lipinski definition) is 3. The van der Waals surface area contributed by atoms with E-state index in [-0.39, 0.29) is 0 Å². The number of hydrogen-bond donors (Lipinski definition) is 1. The van der Waals surface area contributed by atoms with Crippen LogP contribution in [0.4, 0.5) is 0 Å². The van der Waals surface area contributed by atoms with E-state index in [0.29, 0.717) is 5.92 Å². The van der Waals surface area contributed by atoms with Crippen molar-refractivity contribution >= 4 is 9.28 Å². The van der Waals surface area contributed by atoms with E-state index in [2.05, 4.69) is 6.92 Å². The van der Waals surface area contributed by atoms with Gasteiger partial charge in [0.25, 0.3) is 0 Å². The highest BCUT2D eigenvalue weighted by atomic mass is 28.3. The lowest BCUT2D eigenvalue weighted by molar-refractivity contribution is 0.274. The quantitative estimate of drug-likeness (QED) is 0.600. The zero-order chi connectivity index (χ0) is 8.69. The molecule has 0 bridgehead atoms. The average Bonchev–Trinajstić information content (AvgIpc) is 2.06. The van der Waals surface area contributed by atoms with Crippen molar-refractivity contribution in [3.05, 3.63) is 0 Å². The molecule has 0 saturated heterocycles. The molecule has 1 unspecified atom stereocenters. The summed E-state index contributed by atoms with van der Waals surface area (Å²) in [7, 11) is 2.11. The van der Waals surface area contributed by atoms with E-state index < -0.39 is 9.28 Å².